The molecule has 1 amide bonds. The number of halogens is 3. The molecule has 0 bridgehead atoms. The van der Waals surface area contributed by atoms with Crippen LogP contribution in [0.1, 0.15) is 33.6 Å². The quantitative estimate of drug-likeness (QED) is 0.725. The Bertz CT molecular complexity index is 372. The van der Waals surface area contributed by atoms with E-state index >= 15 is 0 Å². The minimum Gasteiger partial charge on any atom is -0.444 e. The summed E-state index contributed by atoms with van der Waals surface area (Å²) in [7, 11) is 0. The summed E-state index contributed by atoms with van der Waals surface area (Å²) >= 11 is 0. The maximum atomic E-state index is 12.5. The van der Waals surface area contributed by atoms with Crippen LogP contribution in [0.4, 0.5) is 18.0 Å². The minimum absolute atomic E-state index is 0.0508. The Labute approximate surface area is 110 Å². The van der Waals surface area contributed by atoms with E-state index in [9.17, 15) is 18.0 Å². The maximum Gasteiger partial charge on any atom is 0.412 e. The SMILES string of the molecule is CC(C)(C)OC(=O)N[C@H]1CC=C(C(F)(F)F)C[C@@H]1N. The number of alkyl carbamates (subject to hydrolysis) is 1. The Hall–Kier alpha value is -1.24. The van der Waals surface area contributed by atoms with E-state index in [2.05, 4.69) is 5.32 Å². The molecule has 0 aromatic heterocycles. The van der Waals surface area contributed by atoms with Gasteiger partial charge in [-0.1, -0.05) is 6.08 Å². The molecule has 7 heteroatoms. The van der Waals surface area contributed by atoms with Crippen LogP contribution in [0.2, 0.25) is 0 Å². The number of carbonyl (C=O) groups excluding carboxylic acids is 1. The van der Waals surface area contributed by atoms with Crippen LogP contribution >= 0.6 is 0 Å². The maximum absolute atomic E-state index is 12.5. The van der Waals surface area contributed by atoms with Gasteiger partial charge < -0.3 is 15.8 Å². The number of nitrogens with one attached hydrogen (secondary N) is 1. The normalized spacial score (nSPS) is 24.7. The van der Waals surface area contributed by atoms with Crippen molar-refractivity contribution >= 4 is 6.09 Å². The van der Waals surface area contributed by atoms with E-state index in [1.54, 1.807) is 20.8 Å². The highest BCUT2D eigenvalue weighted by Gasteiger charge is 2.38. The lowest BCUT2D eigenvalue weighted by molar-refractivity contribution is -0.0958. The number of hydrogen-bond acceptors (Lipinski definition) is 3. The van der Waals surface area contributed by atoms with Crippen molar-refractivity contribution in [1.29, 1.82) is 0 Å². The van der Waals surface area contributed by atoms with E-state index in [4.69, 9.17) is 10.5 Å². The number of alkyl halides is 3. The molecule has 0 saturated carbocycles. The molecule has 1 aliphatic carbocycles. The molecule has 0 heterocycles. The minimum atomic E-state index is -4.35. The van der Waals surface area contributed by atoms with Gasteiger partial charge in [0.2, 0.25) is 0 Å². The average molecular weight is 280 g/mol. The number of ether oxygens (including phenoxy) is 1. The summed E-state index contributed by atoms with van der Waals surface area (Å²) in [4.78, 5) is 11.5. The Balaban J connectivity index is 2.59. The number of nitrogens with two attached hydrogens (primary N) is 1. The predicted molar refractivity (Wildman–Crippen MR) is 64.5 cm³/mol. The Kier molecular flexibility index (Phi) is 4.50. The molecular formula is C12H19F3N2O2. The summed E-state index contributed by atoms with van der Waals surface area (Å²) in [5.41, 5.74) is 4.37. The van der Waals surface area contributed by atoms with E-state index in [1.807, 2.05) is 0 Å². The monoisotopic (exact) mass is 280 g/mol. The summed E-state index contributed by atoms with van der Waals surface area (Å²) in [5.74, 6) is 0. The van der Waals surface area contributed by atoms with Gasteiger partial charge in [-0.05, 0) is 33.6 Å². The predicted octanol–water partition coefficient (Wildman–Crippen LogP) is 2.49. The topological polar surface area (TPSA) is 64.3 Å². The van der Waals surface area contributed by atoms with Gasteiger partial charge in [-0.15, -0.1) is 0 Å². The lowest BCUT2D eigenvalue weighted by Crippen LogP contribution is -2.50. The Morgan fingerprint density at radius 3 is 2.42 bits per heavy atom. The molecule has 0 unspecified atom stereocenters. The lowest BCUT2D eigenvalue weighted by atomic mass is 9.90. The second-order valence-corrected chi connectivity index (χ2v) is 5.58. The van der Waals surface area contributed by atoms with Crippen LogP contribution in [0.3, 0.4) is 0 Å². The molecule has 2 atom stereocenters. The van der Waals surface area contributed by atoms with Gasteiger partial charge in [0.15, 0.2) is 0 Å². The van der Waals surface area contributed by atoms with Crippen molar-refractivity contribution in [3.8, 4) is 0 Å². The molecule has 0 aromatic carbocycles. The zero-order valence-corrected chi connectivity index (χ0v) is 11.2. The summed E-state index contributed by atoms with van der Waals surface area (Å²) in [5, 5.41) is 2.50. The van der Waals surface area contributed by atoms with Crippen molar-refractivity contribution in [1.82, 2.24) is 5.32 Å². The highest BCUT2D eigenvalue weighted by atomic mass is 19.4. The highest BCUT2D eigenvalue weighted by molar-refractivity contribution is 5.68. The van der Waals surface area contributed by atoms with Crippen LogP contribution in [-0.4, -0.2) is 30.0 Å². The molecular weight excluding hydrogens is 261 g/mol. The van der Waals surface area contributed by atoms with Gasteiger partial charge in [-0.3, -0.25) is 0 Å². The van der Waals surface area contributed by atoms with Gasteiger partial charge in [-0.2, -0.15) is 13.2 Å². The molecule has 0 radical (unpaired) electrons. The molecule has 110 valence electrons. The molecule has 19 heavy (non-hydrogen) atoms. The Morgan fingerprint density at radius 2 is 2.00 bits per heavy atom. The zero-order valence-electron chi connectivity index (χ0n) is 11.2. The van der Waals surface area contributed by atoms with Crippen LogP contribution in [0, 0.1) is 0 Å². The fourth-order valence-corrected chi connectivity index (χ4v) is 1.78. The summed E-state index contributed by atoms with van der Waals surface area (Å²) < 4.78 is 42.5. The first kappa shape index (κ1) is 15.8. The molecule has 1 aliphatic rings. The van der Waals surface area contributed by atoms with Crippen LogP contribution in [0.5, 0.6) is 0 Å². The van der Waals surface area contributed by atoms with Crippen molar-refractivity contribution in [3.63, 3.8) is 0 Å². The van der Waals surface area contributed by atoms with Gasteiger partial charge in [0.25, 0.3) is 0 Å². The number of hydrogen-bond donors (Lipinski definition) is 2. The van der Waals surface area contributed by atoms with E-state index in [-0.39, 0.29) is 12.8 Å². The molecule has 0 spiro atoms. The second kappa shape index (κ2) is 5.40. The average Bonchev–Trinajstić information content (AvgIpc) is 2.16. The van der Waals surface area contributed by atoms with Crippen molar-refractivity contribution in [2.24, 2.45) is 5.73 Å². The smallest absolute Gasteiger partial charge is 0.412 e. The number of rotatable bonds is 1. The third-order valence-electron chi connectivity index (χ3n) is 2.66. The molecule has 4 nitrogen and oxygen atoms in total. The first-order valence-corrected chi connectivity index (χ1v) is 6.00. The van der Waals surface area contributed by atoms with Crippen molar-refractivity contribution in [2.75, 3.05) is 0 Å². The molecule has 3 N–H and O–H groups in total. The van der Waals surface area contributed by atoms with Crippen LogP contribution in [-0.2, 0) is 4.74 Å². The van der Waals surface area contributed by atoms with Gasteiger partial charge in [-0.25, -0.2) is 4.79 Å². The largest absolute Gasteiger partial charge is 0.444 e. The highest BCUT2D eigenvalue weighted by Crippen LogP contribution is 2.32. The van der Waals surface area contributed by atoms with Crippen molar-refractivity contribution < 1.29 is 22.7 Å². The van der Waals surface area contributed by atoms with Crippen LogP contribution in [0.25, 0.3) is 0 Å². The zero-order chi connectivity index (χ0) is 14.8. The summed E-state index contributed by atoms with van der Waals surface area (Å²) in [6, 6.07) is -1.31. The standard InChI is InChI=1S/C12H19F3N2O2/c1-11(2,3)19-10(18)17-9-5-4-7(6-8(9)16)12(13,14)15/h4,8-9H,5-6,16H2,1-3H3,(H,17,18)/t8-,9-/m0/s1. The van der Waals surface area contributed by atoms with Gasteiger partial charge in [0, 0.05) is 11.6 Å². The van der Waals surface area contributed by atoms with Crippen molar-refractivity contribution in [2.45, 2.75) is 57.5 Å². The molecule has 0 aromatic rings. The fourth-order valence-electron chi connectivity index (χ4n) is 1.78. The number of carbonyl (C=O) groups is 1. The molecule has 1 rings (SSSR count). The second-order valence-electron chi connectivity index (χ2n) is 5.58. The van der Waals surface area contributed by atoms with Crippen LogP contribution < -0.4 is 11.1 Å². The van der Waals surface area contributed by atoms with Gasteiger partial charge in [0.1, 0.15) is 5.60 Å². The first-order chi connectivity index (χ1) is 8.49. The fraction of sp³-hybridized carbons (Fsp3) is 0.750. The third-order valence-corrected chi connectivity index (χ3v) is 2.66. The van der Waals surface area contributed by atoms with E-state index in [1.165, 1.54) is 0 Å². The first-order valence-electron chi connectivity index (χ1n) is 6.00. The van der Waals surface area contributed by atoms with E-state index in [0.29, 0.717) is 0 Å². The molecule has 0 fully saturated rings. The summed E-state index contributed by atoms with van der Waals surface area (Å²) in [6.45, 7) is 5.11. The van der Waals surface area contributed by atoms with Gasteiger partial charge >= 0.3 is 12.3 Å². The Morgan fingerprint density at radius 1 is 1.42 bits per heavy atom. The number of amides is 1. The molecule has 0 aliphatic heterocycles. The van der Waals surface area contributed by atoms with E-state index < -0.39 is 35.5 Å². The van der Waals surface area contributed by atoms with Crippen molar-refractivity contribution in [3.05, 3.63) is 11.6 Å². The van der Waals surface area contributed by atoms with Crippen LogP contribution in [0.15, 0.2) is 11.6 Å². The van der Waals surface area contributed by atoms with E-state index in [0.717, 1.165) is 6.08 Å². The summed E-state index contributed by atoms with van der Waals surface area (Å²) in [6.07, 6.45) is -4.20. The third kappa shape index (κ3) is 5.10. The van der Waals surface area contributed by atoms with Gasteiger partial charge in [0.05, 0.1) is 6.04 Å². The lowest BCUT2D eigenvalue weighted by Gasteiger charge is -2.30. The molecule has 0 saturated heterocycles.